The first-order valence-electron chi connectivity index (χ1n) is 19.2. The van der Waals surface area contributed by atoms with E-state index in [0.717, 1.165) is 60.0 Å². The first kappa shape index (κ1) is 35.3. The van der Waals surface area contributed by atoms with Crippen LogP contribution in [0.3, 0.4) is 0 Å². The summed E-state index contributed by atoms with van der Waals surface area (Å²) in [5.74, 6) is 3.48. The Hall–Kier alpha value is -2.41. The molecule has 284 valence electrons. The van der Waals surface area contributed by atoms with Crippen LogP contribution in [0, 0.1) is 61.2 Å². The van der Waals surface area contributed by atoms with Gasteiger partial charge in [0.1, 0.15) is 18.1 Å². The van der Waals surface area contributed by atoms with Crippen molar-refractivity contribution in [3.05, 3.63) is 58.7 Å². The van der Waals surface area contributed by atoms with Gasteiger partial charge in [0.05, 0.1) is 14.2 Å². The van der Waals surface area contributed by atoms with Crippen molar-refractivity contribution in [2.45, 2.75) is 107 Å². The standard InChI is InChI=1S/C21H25F3O4.C20H26O4/c1-12-3-17(10-18(4-12)25-2)21(26-11-19(22,23)24)20(27-28-21)15-6-13-5-14(8-15)9-16(20)7-13;1-12-4-17(11-18(5-12)21-2)20(22-3)19(23-24-20)15-7-13-6-14(9-15)10-16(19)8-13/h3-4,10,13-16H,5-9,11H2,1-2H3;4-5,11,13-16H,6-10H2,1-3H3. The second-order valence-electron chi connectivity index (χ2n) is 17.3. The molecule has 2 spiro atoms. The van der Waals surface area contributed by atoms with Crippen molar-refractivity contribution in [1.82, 2.24) is 0 Å². The van der Waals surface area contributed by atoms with Gasteiger partial charge in [-0.2, -0.15) is 22.9 Å². The minimum absolute atomic E-state index is 0.150. The Kier molecular flexibility index (Phi) is 8.35. The molecule has 52 heavy (non-hydrogen) atoms. The van der Waals surface area contributed by atoms with E-state index in [1.807, 2.05) is 31.2 Å². The maximum atomic E-state index is 13.2. The smallest absolute Gasteiger partial charge is 0.411 e. The third kappa shape index (κ3) is 5.01. The number of benzene rings is 2. The van der Waals surface area contributed by atoms with E-state index in [4.69, 9.17) is 38.5 Å². The molecule has 8 aliphatic carbocycles. The summed E-state index contributed by atoms with van der Waals surface area (Å²) in [4.78, 5) is 23.2. The molecule has 8 nitrogen and oxygen atoms in total. The average molecular weight is 729 g/mol. The molecule has 0 N–H and O–H groups in total. The molecule has 8 bridgehead atoms. The molecule has 2 saturated heterocycles. The first-order chi connectivity index (χ1) is 24.9. The molecule has 12 rings (SSSR count). The topological polar surface area (TPSA) is 73.8 Å². The molecule has 0 amide bonds. The number of hydrogen-bond donors (Lipinski definition) is 0. The Balaban J connectivity index is 0.000000140. The van der Waals surface area contributed by atoms with Gasteiger partial charge in [0.25, 0.3) is 11.6 Å². The molecule has 2 heterocycles. The molecule has 8 saturated carbocycles. The number of aryl methyl sites for hydroxylation is 2. The number of methoxy groups -OCH3 is 3. The fourth-order valence-corrected chi connectivity index (χ4v) is 12.9. The zero-order valence-corrected chi connectivity index (χ0v) is 30.8. The number of rotatable bonds is 7. The normalized spacial score (nSPS) is 43.2. The molecule has 2 aliphatic heterocycles. The van der Waals surface area contributed by atoms with Crippen LogP contribution in [0.4, 0.5) is 13.2 Å². The van der Waals surface area contributed by atoms with Crippen molar-refractivity contribution in [3.63, 3.8) is 0 Å². The van der Waals surface area contributed by atoms with Gasteiger partial charge in [-0.3, -0.25) is 0 Å². The Morgan fingerprint density at radius 3 is 1.27 bits per heavy atom. The molecule has 2 aromatic carbocycles. The van der Waals surface area contributed by atoms with Crippen LogP contribution in [0.2, 0.25) is 0 Å². The molecule has 0 radical (unpaired) electrons. The van der Waals surface area contributed by atoms with Crippen molar-refractivity contribution >= 4 is 0 Å². The van der Waals surface area contributed by atoms with Gasteiger partial charge in [-0.25, -0.2) is 9.78 Å². The van der Waals surface area contributed by atoms with Gasteiger partial charge in [0.15, 0.2) is 11.2 Å². The van der Waals surface area contributed by atoms with Crippen molar-refractivity contribution in [1.29, 1.82) is 0 Å². The highest BCUT2D eigenvalue weighted by Crippen LogP contribution is 2.71. The highest BCUT2D eigenvalue weighted by molar-refractivity contribution is 5.41. The van der Waals surface area contributed by atoms with E-state index in [1.54, 1.807) is 27.4 Å². The fourth-order valence-electron chi connectivity index (χ4n) is 12.9. The predicted molar refractivity (Wildman–Crippen MR) is 182 cm³/mol. The Morgan fingerprint density at radius 2 is 0.942 bits per heavy atom. The van der Waals surface area contributed by atoms with Crippen LogP contribution in [-0.4, -0.2) is 45.3 Å². The van der Waals surface area contributed by atoms with E-state index < -0.39 is 30.0 Å². The summed E-state index contributed by atoms with van der Waals surface area (Å²) < 4.78 is 62.0. The fraction of sp³-hybridized carbons (Fsp3) is 0.707. The largest absolute Gasteiger partial charge is 0.497 e. The van der Waals surface area contributed by atoms with E-state index in [-0.39, 0.29) is 17.4 Å². The average Bonchev–Trinajstić information content (AvgIpc) is 3.07. The molecule has 2 atom stereocenters. The van der Waals surface area contributed by atoms with Crippen LogP contribution in [-0.2, 0) is 40.6 Å². The molecule has 2 aromatic rings. The van der Waals surface area contributed by atoms with Crippen molar-refractivity contribution < 1.29 is 51.7 Å². The summed E-state index contributed by atoms with van der Waals surface area (Å²) >= 11 is 0. The third-order valence-corrected chi connectivity index (χ3v) is 14.4. The van der Waals surface area contributed by atoms with Crippen LogP contribution >= 0.6 is 0 Å². The summed E-state index contributed by atoms with van der Waals surface area (Å²) in [5.41, 5.74) is 2.42. The lowest BCUT2D eigenvalue weighted by atomic mass is 9.47. The van der Waals surface area contributed by atoms with Gasteiger partial charge in [0.2, 0.25) is 0 Å². The zero-order valence-electron chi connectivity index (χ0n) is 30.8. The minimum Gasteiger partial charge on any atom is -0.497 e. The quantitative estimate of drug-likeness (QED) is 0.262. The second kappa shape index (κ2) is 12.3. The molecular formula is C41H51F3O8. The van der Waals surface area contributed by atoms with Crippen molar-refractivity contribution in [3.8, 4) is 11.5 Å². The third-order valence-electron chi connectivity index (χ3n) is 14.4. The molecule has 10 fully saturated rings. The summed E-state index contributed by atoms with van der Waals surface area (Å²) in [6.07, 6.45) is 7.09. The van der Waals surface area contributed by atoms with Crippen molar-refractivity contribution in [2.75, 3.05) is 27.9 Å². The lowest BCUT2D eigenvalue weighted by Gasteiger charge is -2.68. The van der Waals surface area contributed by atoms with Crippen LogP contribution in [0.25, 0.3) is 0 Å². The summed E-state index contributed by atoms with van der Waals surface area (Å²) in [6.45, 7) is 2.59. The van der Waals surface area contributed by atoms with E-state index in [1.165, 1.54) is 38.5 Å². The number of ether oxygens (including phenoxy) is 4. The maximum Gasteiger partial charge on any atom is 0.411 e. The molecule has 11 heteroatoms. The van der Waals surface area contributed by atoms with Crippen LogP contribution in [0.1, 0.15) is 86.5 Å². The first-order valence-corrected chi connectivity index (χ1v) is 19.2. The molecule has 10 aliphatic rings. The highest BCUT2D eigenvalue weighted by Gasteiger charge is 2.78. The zero-order chi connectivity index (χ0) is 36.3. The monoisotopic (exact) mass is 728 g/mol. The summed E-state index contributed by atoms with van der Waals surface area (Å²) in [6, 6.07) is 11.6. The Morgan fingerprint density at radius 1 is 0.558 bits per heavy atom. The van der Waals surface area contributed by atoms with Gasteiger partial charge in [-0.1, -0.05) is 12.1 Å². The van der Waals surface area contributed by atoms with Gasteiger partial charge < -0.3 is 18.9 Å². The van der Waals surface area contributed by atoms with Gasteiger partial charge >= 0.3 is 6.18 Å². The summed E-state index contributed by atoms with van der Waals surface area (Å²) in [7, 11) is 5.00. The predicted octanol–water partition coefficient (Wildman–Crippen LogP) is 8.85. The molecule has 0 aromatic heterocycles. The Labute approximate surface area is 303 Å². The lowest BCUT2D eigenvalue weighted by Crippen LogP contribution is -2.77. The highest BCUT2D eigenvalue weighted by atomic mass is 19.4. The van der Waals surface area contributed by atoms with Crippen LogP contribution in [0.15, 0.2) is 36.4 Å². The molecular weight excluding hydrogens is 677 g/mol. The van der Waals surface area contributed by atoms with E-state index in [9.17, 15) is 13.2 Å². The molecule has 2 unspecified atom stereocenters. The summed E-state index contributed by atoms with van der Waals surface area (Å²) in [5, 5.41) is 0. The lowest BCUT2D eigenvalue weighted by molar-refractivity contribution is -0.650. The second-order valence-corrected chi connectivity index (χ2v) is 17.3. The van der Waals surface area contributed by atoms with Gasteiger partial charge in [0, 0.05) is 18.2 Å². The van der Waals surface area contributed by atoms with E-state index >= 15 is 0 Å². The van der Waals surface area contributed by atoms with Gasteiger partial charge in [-0.15, -0.1) is 0 Å². The van der Waals surface area contributed by atoms with Gasteiger partial charge in [-0.05, 0) is 161 Å². The number of hydrogen-bond acceptors (Lipinski definition) is 8. The van der Waals surface area contributed by atoms with Crippen LogP contribution in [0.5, 0.6) is 11.5 Å². The van der Waals surface area contributed by atoms with E-state index in [2.05, 4.69) is 13.0 Å². The number of halogens is 3. The Bertz CT molecular complexity index is 1630. The number of alkyl halides is 3. The minimum atomic E-state index is -4.45. The maximum absolute atomic E-state index is 13.2. The SMILES string of the molecule is COc1cc(C)cc(C2(OC)OOC23C2CC4CC(C2)CC3C4)c1.COc1cc(C)cc(C2(OCC(F)(F)F)OOC23C2CC4CC(C2)CC3C4)c1. The van der Waals surface area contributed by atoms with Crippen molar-refractivity contribution in [2.24, 2.45) is 47.3 Å². The van der Waals surface area contributed by atoms with Crippen LogP contribution < -0.4 is 9.47 Å². The van der Waals surface area contributed by atoms with E-state index in [0.29, 0.717) is 35.0 Å².